The molecular formula is C12H13N3O. The SMILES string of the molecule is CC1(c2ccccc2)N=CC=CN1C(N)=O. The summed E-state index contributed by atoms with van der Waals surface area (Å²) in [5.41, 5.74) is 5.52. The number of carbonyl (C=O) groups excluding carboxylic acids is 1. The minimum absolute atomic E-state index is 0.514. The molecule has 1 atom stereocenters. The van der Waals surface area contributed by atoms with Crippen molar-refractivity contribution in [1.29, 1.82) is 0 Å². The maximum absolute atomic E-state index is 11.4. The quantitative estimate of drug-likeness (QED) is 0.763. The second-order valence-corrected chi connectivity index (χ2v) is 3.71. The summed E-state index contributed by atoms with van der Waals surface area (Å²) in [6, 6.07) is 9.07. The van der Waals surface area contributed by atoms with E-state index in [4.69, 9.17) is 5.73 Å². The summed E-state index contributed by atoms with van der Waals surface area (Å²) in [6.07, 6.45) is 5.00. The van der Waals surface area contributed by atoms with Gasteiger partial charge in [0.1, 0.15) is 0 Å². The van der Waals surface area contributed by atoms with Crippen LogP contribution in [0.4, 0.5) is 4.79 Å². The summed E-state index contributed by atoms with van der Waals surface area (Å²) >= 11 is 0. The molecule has 2 N–H and O–H groups in total. The highest BCUT2D eigenvalue weighted by molar-refractivity contribution is 5.80. The fraction of sp³-hybridized carbons (Fsp3) is 0.167. The van der Waals surface area contributed by atoms with E-state index in [-0.39, 0.29) is 0 Å². The number of hydrogen-bond donors (Lipinski definition) is 1. The Hall–Kier alpha value is -2.10. The predicted molar refractivity (Wildman–Crippen MR) is 62.8 cm³/mol. The maximum atomic E-state index is 11.4. The van der Waals surface area contributed by atoms with E-state index in [1.54, 1.807) is 18.5 Å². The van der Waals surface area contributed by atoms with E-state index in [1.807, 2.05) is 37.3 Å². The molecule has 0 aromatic heterocycles. The third kappa shape index (κ3) is 1.58. The van der Waals surface area contributed by atoms with Gasteiger partial charge >= 0.3 is 6.03 Å². The van der Waals surface area contributed by atoms with Crippen LogP contribution in [-0.2, 0) is 5.66 Å². The number of allylic oxidation sites excluding steroid dienone is 1. The molecule has 0 radical (unpaired) electrons. The monoisotopic (exact) mass is 215 g/mol. The van der Waals surface area contributed by atoms with Crippen LogP contribution < -0.4 is 5.73 Å². The average molecular weight is 215 g/mol. The summed E-state index contributed by atoms with van der Waals surface area (Å²) in [5.74, 6) is 0. The molecule has 1 aromatic rings. The fourth-order valence-corrected chi connectivity index (χ4v) is 1.78. The lowest BCUT2D eigenvalue weighted by Crippen LogP contribution is -2.46. The Bertz CT molecular complexity index is 453. The second kappa shape index (κ2) is 3.81. The minimum atomic E-state index is -0.748. The smallest absolute Gasteiger partial charge is 0.321 e. The zero-order valence-electron chi connectivity index (χ0n) is 9.00. The van der Waals surface area contributed by atoms with Crippen molar-refractivity contribution in [2.45, 2.75) is 12.6 Å². The van der Waals surface area contributed by atoms with Crippen LogP contribution in [0.2, 0.25) is 0 Å². The van der Waals surface area contributed by atoms with Crippen LogP contribution in [0.15, 0.2) is 47.6 Å². The van der Waals surface area contributed by atoms with Gasteiger partial charge in [0.05, 0.1) is 0 Å². The lowest BCUT2D eigenvalue weighted by molar-refractivity contribution is 0.173. The Kier molecular flexibility index (Phi) is 2.48. The molecule has 2 amide bonds. The topological polar surface area (TPSA) is 58.7 Å². The van der Waals surface area contributed by atoms with Gasteiger partial charge in [0.2, 0.25) is 0 Å². The number of hydrogen-bond acceptors (Lipinski definition) is 2. The number of rotatable bonds is 1. The Balaban J connectivity index is 2.47. The summed E-state index contributed by atoms with van der Waals surface area (Å²) in [5, 5.41) is 0. The fourth-order valence-electron chi connectivity index (χ4n) is 1.78. The molecule has 4 nitrogen and oxygen atoms in total. The Morgan fingerprint density at radius 2 is 2.06 bits per heavy atom. The molecular weight excluding hydrogens is 202 g/mol. The number of aliphatic imine (C=N–C) groups is 1. The molecule has 2 rings (SSSR count). The molecule has 82 valence electrons. The van der Waals surface area contributed by atoms with Crippen LogP contribution in [0, 0.1) is 0 Å². The Morgan fingerprint density at radius 1 is 1.38 bits per heavy atom. The van der Waals surface area contributed by atoms with Gasteiger partial charge in [-0.2, -0.15) is 0 Å². The largest absolute Gasteiger partial charge is 0.351 e. The van der Waals surface area contributed by atoms with Gasteiger partial charge in [-0.05, 0) is 18.6 Å². The van der Waals surface area contributed by atoms with E-state index in [1.165, 1.54) is 4.90 Å². The third-order valence-corrected chi connectivity index (χ3v) is 2.67. The number of primary amides is 1. The van der Waals surface area contributed by atoms with Crippen molar-refractivity contribution in [2.75, 3.05) is 0 Å². The van der Waals surface area contributed by atoms with Crippen LogP contribution in [0.25, 0.3) is 0 Å². The Morgan fingerprint density at radius 3 is 2.69 bits per heavy atom. The van der Waals surface area contributed by atoms with Gasteiger partial charge in [-0.15, -0.1) is 0 Å². The highest BCUT2D eigenvalue weighted by Gasteiger charge is 2.35. The van der Waals surface area contributed by atoms with Gasteiger partial charge in [0.15, 0.2) is 5.66 Å². The number of benzene rings is 1. The molecule has 0 bridgehead atoms. The van der Waals surface area contributed by atoms with Gasteiger partial charge in [0, 0.05) is 12.4 Å². The normalized spacial score (nSPS) is 23.4. The molecule has 1 aliphatic rings. The van der Waals surface area contributed by atoms with E-state index < -0.39 is 11.7 Å². The summed E-state index contributed by atoms with van der Waals surface area (Å²) < 4.78 is 0. The molecule has 0 aliphatic carbocycles. The number of carbonyl (C=O) groups is 1. The van der Waals surface area contributed by atoms with Gasteiger partial charge in [-0.25, -0.2) is 4.79 Å². The number of urea groups is 1. The van der Waals surface area contributed by atoms with Crippen LogP contribution in [0.3, 0.4) is 0 Å². The van der Waals surface area contributed by atoms with Crippen molar-refractivity contribution in [3.63, 3.8) is 0 Å². The standard InChI is InChI=1S/C12H13N3O/c1-12(10-6-3-2-4-7-10)14-8-5-9-15(12)11(13)16/h2-9H,1H3,(H2,13,16). The summed E-state index contributed by atoms with van der Waals surface area (Å²) in [7, 11) is 0. The molecule has 0 fully saturated rings. The van der Waals surface area contributed by atoms with Crippen molar-refractivity contribution >= 4 is 12.2 Å². The minimum Gasteiger partial charge on any atom is -0.351 e. The second-order valence-electron chi connectivity index (χ2n) is 3.71. The molecule has 0 saturated carbocycles. The van der Waals surface area contributed by atoms with Crippen molar-refractivity contribution in [3.05, 3.63) is 48.2 Å². The molecule has 1 heterocycles. The van der Waals surface area contributed by atoms with Crippen LogP contribution in [-0.4, -0.2) is 17.1 Å². The van der Waals surface area contributed by atoms with Crippen LogP contribution in [0.5, 0.6) is 0 Å². The highest BCUT2D eigenvalue weighted by Crippen LogP contribution is 2.31. The number of nitrogens with two attached hydrogens (primary N) is 1. The molecule has 1 aliphatic heterocycles. The first-order valence-electron chi connectivity index (χ1n) is 5.01. The zero-order chi connectivity index (χ0) is 11.6. The maximum Gasteiger partial charge on any atom is 0.321 e. The van der Waals surface area contributed by atoms with E-state index >= 15 is 0 Å². The van der Waals surface area contributed by atoms with Gasteiger partial charge in [-0.3, -0.25) is 9.89 Å². The molecule has 1 unspecified atom stereocenters. The lowest BCUT2D eigenvalue weighted by atomic mass is 10.00. The summed E-state index contributed by atoms with van der Waals surface area (Å²) in [6.45, 7) is 1.85. The van der Waals surface area contributed by atoms with E-state index in [2.05, 4.69) is 4.99 Å². The number of nitrogens with zero attached hydrogens (tertiary/aromatic N) is 2. The highest BCUT2D eigenvalue weighted by atomic mass is 16.2. The van der Waals surface area contributed by atoms with Crippen molar-refractivity contribution in [3.8, 4) is 0 Å². The summed E-state index contributed by atoms with van der Waals surface area (Å²) in [4.78, 5) is 17.1. The van der Waals surface area contributed by atoms with Crippen LogP contribution >= 0.6 is 0 Å². The van der Waals surface area contributed by atoms with E-state index in [0.717, 1.165) is 5.56 Å². The average Bonchev–Trinajstić information content (AvgIpc) is 2.30. The van der Waals surface area contributed by atoms with Crippen molar-refractivity contribution in [2.24, 2.45) is 10.7 Å². The third-order valence-electron chi connectivity index (χ3n) is 2.67. The molecule has 4 heteroatoms. The lowest BCUT2D eigenvalue weighted by Gasteiger charge is -2.36. The van der Waals surface area contributed by atoms with Gasteiger partial charge < -0.3 is 5.73 Å². The first-order valence-corrected chi connectivity index (χ1v) is 5.01. The molecule has 0 saturated heterocycles. The number of amides is 2. The predicted octanol–water partition coefficient (Wildman–Crippen LogP) is 1.84. The van der Waals surface area contributed by atoms with Gasteiger partial charge in [0.25, 0.3) is 0 Å². The van der Waals surface area contributed by atoms with Crippen molar-refractivity contribution < 1.29 is 4.79 Å². The zero-order valence-corrected chi connectivity index (χ0v) is 9.00. The first kappa shape index (κ1) is 10.4. The van der Waals surface area contributed by atoms with E-state index in [9.17, 15) is 4.79 Å². The molecule has 1 aromatic carbocycles. The van der Waals surface area contributed by atoms with Crippen LogP contribution in [0.1, 0.15) is 12.5 Å². The molecule has 16 heavy (non-hydrogen) atoms. The Labute approximate surface area is 94.1 Å². The van der Waals surface area contributed by atoms with Crippen molar-refractivity contribution in [1.82, 2.24) is 4.90 Å². The molecule has 0 spiro atoms. The van der Waals surface area contributed by atoms with Gasteiger partial charge in [-0.1, -0.05) is 30.3 Å². The van der Waals surface area contributed by atoms with E-state index in [0.29, 0.717) is 0 Å². The first-order chi connectivity index (χ1) is 7.64.